The first kappa shape index (κ1) is 22.8. The van der Waals surface area contributed by atoms with Gasteiger partial charge < -0.3 is 9.88 Å². The summed E-state index contributed by atoms with van der Waals surface area (Å²) in [6.07, 6.45) is 0. The van der Waals surface area contributed by atoms with Crippen LogP contribution in [-0.2, 0) is 17.1 Å². The maximum absolute atomic E-state index is 13.1. The zero-order valence-electron chi connectivity index (χ0n) is 17.6. The monoisotopic (exact) mass is 487 g/mol. The number of nitrogens with one attached hydrogen (secondary N) is 1. The molecule has 0 spiro atoms. The zero-order valence-corrected chi connectivity index (χ0v) is 20.1. The van der Waals surface area contributed by atoms with Crippen molar-refractivity contribution in [3.05, 3.63) is 65.7 Å². The number of benzene rings is 2. The van der Waals surface area contributed by atoms with Gasteiger partial charge in [0.2, 0.25) is 5.91 Å². The van der Waals surface area contributed by atoms with Crippen LogP contribution in [0.1, 0.15) is 31.3 Å². The van der Waals surface area contributed by atoms with Crippen LogP contribution in [0.5, 0.6) is 0 Å². The molecule has 10 heteroatoms. The highest BCUT2D eigenvalue weighted by Crippen LogP contribution is 2.31. The molecule has 0 saturated heterocycles. The predicted octanol–water partition coefficient (Wildman–Crippen LogP) is 5.31. The summed E-state index contributed by atoms with van der Waals surface area (Å²) < 4.78 is 17.3. The zero-order chi connectivity index (χ0) is 22.5. The molecule has 0 aliphatic rings. The average molecular weight is 488 g/mol. The molecule has 2 heterocycles. The van der Waals surface area contributed by atoms with E-state index in [4.69, 9.17) is 0 Å². The molecule has 0 aliphatic heterocycles. The van der Waals surface area contributed by atoms with E-state index in [1.165, 1.54) is 28.6 Å². The van der Waals surface area contributed by atoms with Crippen LogP contribution < -0.4 is 5.32 Å². The number of halogens is 1. The second kappa shape index (κ2) is 10.5. The topological polar surface area (TPSA) is 72.7 Å². The third kappa shape index (κ3) is 5.48. The van der Waals surface area contributed by atoms with Gasteiger partial charge in [0.1, 0.15) is 11.6 Å². The molecule has 2 aromatic heterocycles. The minimum atomic E-state index is -0.293. The highest BCUT2D eigenvalue weighted by atomic mass is 32.2. The Balaban J connectivity index is 1.33. The molecule has 32 heavy (non-hydrogen) atoms. The number of fused-ring (bicyclic) bond motifs is 1. The summed E-state index contributed by atoms with van der Waals surface area (Å²) in [4.78, 5) is 17.0. The van der Waals surface area contributed by atoms with E-state index in [-0.39, 0.29) is 23.5 Å². The lowest BCUT2D eigenvalue weighted by atomic mass is 10.1. The van der Waals surface area contributed by atoms with Crippen molar-refractivity contribution >= 4 is 51.0 Å². The molecule has 4 rings (SSSR count). The first-order valence-electron chi connectivity index (χ1n) is 10.1. The summed E-state index contributed by atoms with van der Waals surface area (Å²) >= 11 is 4.67. The number of hydrogen-bond donors (Lipinski definition) is 1. The van der Waals surface area contributed by atoms with Gasteiger partial charge in [-0.2, -0.15) is 0 Å². The number of carbonyl (C=O) groups is 1. The van der Waals surface area contributed by atoms with Gasteiger partial charge in [0.25, 0.3) is 0 Å². The van der Waals surface area contributed by atoms with E-state index >= 15 is 0 Å². The molecule has 2 aromatic carbocycles. The number of para-hydroxylation sites is 1. The molecule has 0 fully saturated rings. The molecule has 0 radical (unpaired) electrons. The molecule has 4 aromatic rings. The van der Waals surface area contributed by atoms with E-state index < -0.39 is 0 Å². The average Bonchev–Trinajstić information content (AvgIpc) is 3.39. The molecule has 166 valence electrons. The Hall–Kier alpha value is -2.43. The van der Waals surface area contributed by atoms with Gasteiger partial charge in [0, 0.05) is 6.54 Å². The summed E-state index contributed by atoms with van der Waals surface area (Å²) in [5, 5.41) is 12.3. The Morgan fingerprint density at radius 1 is 1.16 bits per heavy atom. The molecule has 1 amide bonds. The molecule has 0 bridgehead atoms. The lowest BCUT2D eigenvalue weighted by Crippen LogP contribution is -2.28. The number of thioether (sulfide) groups is 2. The van der Waals surface area contributed by atoms with E-state index in [0.29, 0.717) is 5.75 Å². The SMILES string of the molecule is CCn1c(CSc2nc3ccccc3s2)nnc1SCC(=O)NC(C)c1ccc(F)cc1. The Morgan fingerprint density at radius 2 is 1.94 bits per heavy atom. The fraction of sp³-hybridized carbons (Fsp3) is 0.273. The minimum absolute atomic E-state index is 0.108. The largest absolute Gasteiger partial charge is 0.349 e. The first-order valence-corrected chi connectivity index (χ1v) is 12.9. The Labute approximate surface area is 198 Å². The fourth-order valence-corrected chi connectivity index (χ4v) is 5.98. The Bertz CT molecular complexity index is 1170. The predicted molar refractivity (Wildman–Crippen MR) is 129 cm³/mol. The number of thiazole rings is 1. The van der Waals surface area contributed by atoms with Crippen LogP contribution in [-0.4, -0.2) is 31.4 Å². The molecule has 0 aliphatic carbocycles. The Kier molecular flexibility index (Phi) is 7.44. The van der Waals surface area contributed by atoms with Gasteiger partial charge in [-0.25, -0.2) is 9.37 Å². The maximum Gasteiger partial charge on any atom is 0.230 e. The second-order valence-corrected chi connectivity index (χ2v) is 10.2. The van der Waals surface area contributed by atoms with E-state index in [9.17, 15) is 9.18 Å². The third-order valence-corrected chi connectivity index (χ3v) is 7.93. The number of rotatable bonds is 9. The third-order valence-electron chi connectivity index (χ3n) is 4.79. The van der Waals surface area contributed by atoms with E-state index in [1.54, 1.807) is 35.2 Å². The first-order chi connectivity index (χ1) is 15.5. The van der Waals surface area contributed by atoms with E-state index in [0.717, 1.165) is 32.9 Å². The summed E-state index contributed by atoms with van der Waals surface area (Å²) in [7, 11) is 0. The van der Waals surface area contributed by atoms with Crippen LogP contribution in [0, 0.1) is 5.82 Å². The van der Waals surface area contributed by atoms with Crippen LogP contribution in [0.3, 0.4) is 0 Å². The van der Waals surface area contributed by atoms with Crippen molar-refractivity contribution in [1.29, 1.82) is 0 Å². The van der Waals surface area contributed by atoms with E-state index in [1.807, 2.05) is 36.6 Å². The smallest absolute Gasteiger partial charge is 0.230 e. The van der Waals surface area contributed by atoms with Gasteiger partial charge in [-0.1, -0.05) is 47.8 Å². The van der Waals surface area contributed by atoms with Crippen molar-refractivity contribution in [2.45, 2.75) is 41.7 Å². The number of aromatic nitrogens is 4. The van der Waals surface area contributed by atoms with E-state index in [2.05, 4.69) is 26.6 Å². The Morgan fingerprint density at radius 3 is 2.69 bits per heavy atom. The quantitative estimate of drug-likeness (QED) is 0.323. The van der Waals surface area contributed by atoms with Crippen molar-refractivity contribution in [2.75, 3.05) is 5.75 Å². The van der Waals surface area contributed by atoms with Crippen LogP contribution in [0.4, 0.5) is 4.39 Å². The normalized spacial score (nSPS) is 12.2. The molecule has 1 N–H and O–H groups in total. The number of hydrogen-bond acceptors (Lipinski definition) is 7. The molecule has 1 atom stereocenters. The van der Waals surface area contributed by atoms with Gasteiger partial charge >= 0.3 is 0 Å². The summed E-state index contributed by atoms with van der Waals surface area (Å²) in [6.45, 7) is 4.64. The summed E-state index contributed by atoms with van der Waals surface area (Å²) in [5.41, 5.74) is 1.87. The molecular weight excluding hydrogens is 465 g/mol. The standard InChI is InChI=1S/C22H22FN5OS3/c1-3-28-19(12-31-22-25-17-6-4-5-7-18(17)32-22)26-27-21(28)30-13-20(29)24-14(2)15-8-10-16(23)11-9-15/h4-11,14H,3,12-13H2,1-2H3,(H,24,29). The van der Waals surface area contributed by atoms with Gasteiger partial charge in [0.15, 0.2) is 9.50 Å². The van der Waals surface area contributed by atoms with Gasteiger partial charge in [0.05, 0.1) is 27.8 Å². The molecular formula is C22H22FN5OS3. The molecule has 6 nitrogen and oxygen atoms in total. The van der Waals surface area contributed by atoms with Gasteiger partial charge in [-0.3, -0.25) is 4.79 Å². The van der Waals surface area contributed by atoms with Crippen LogP contribution in [0.25, 0.3) is 10.2 Å². The second-order valence-electron chi connectivity index (χ2n) is 7.01. The highest BCUT2D eigenvalue weighted by Gasteiger charge is 2.16. The minimum Gasteiger partial charge on any atom is -0.349 e. The van der Waals surface area contributed by atoms with Crippen molar-refractivity contribution in [1.82, 2.24) is 25.1 Å². The van der Waals surface area contributed by atoms with Crippen LogP contribution in [0.15, 0.2) is 58.0 Å². The van der Waals surface area contributed by atoms with Crippen molar-refractivity contribution in [2.24, 2.45) is 0 Å². The fourth-order valence-electron chi connectivity index (χ4n) is 3.14. The van der Waals surface area contributed by atoms with Gasteiger partial charge in [-0.15, -0.1) is 21.5 Å². The van der Waals surface area contributed by atoms with Crippen LogP contribution in [0.2, 0.25) is 0 Å². The maximum atomic E-state index is 13.1. The van der Waals surface area contributed by atoms with Crippen molar-refractivity contribution < 1.29 is 9.18 Å². The van der Waals surface area contributed by atoms with Crippen molar-refractivity contribution in [3.63, 3.8) is 0 Å². The lowest BCUT2D eigenvalue weighted by molar-refractivity contribution is -0.119. The van der Waals surface area contributed by atoms with Crippen LogP contribution >= 0.6 is 34.9 Å². The van der Waals surface area contributed by atoms with Gasteiger partial charge in [-0.05, 0) is 43.7 Å². The summed E-state index contributed by atoms with van der Waals surface area (Å²) in [5.74, 6) is 1.35. The number of carbonyl (C=O) groups excluding carboxylic acids is 1. The summed E-state index contributed by atoms with van der Waals surface area (Å²) in [6, 6.07) is 14.0. The van der Waals surface area contributed by atoms with Crippen molar-refractivity contribution in [3.8, 4) is 0 Å². The lowest BCUT2D eigenvalue weighted by Gasteiger charge is -2.14. The number of nitrogens with zero attached hydrogens (tertiary/aromatic N) is 4. The highest BCUT2D eigenvalue weighted by molar-refractivity contribution is 8.00. The molecule has 1 unspecified atom stereocenters. The molecule has 0 saturated carbocycles. The number of amides is 1.